The molecule has 3 aromatic rings. The lowest BCUT2D eigenvalue weighted by atomic mass is 10.0. The van der Waals surface area contributed by atoms with Gasteiger partial charge in [-0.3, -0.25) is 4.79 Å². The van der Waals surface area contributed by atoms with Gasteiger partial charge in [-0.1, -0.05) is 29.8 Å². The zero-order valence-electron chi connectivity index (χ0n) is 9.98. The van der Waals surface area contributed by atoms with Crippen LogP contribution in [-0.4, -0.2) is 10.8 Å². The predicted molar refractivity (Wildman–Crippen MR) is 77.6 cm³/mol. The minimum Gasteiger partial charge on any atom is -0.398 e. The molecule has 0 atom stereocenters. The molecule has 0 spiro atoms. The fourth-order valence-corrected chi connectivity index (χ4v) is 2.22. The summed E-state index contributed by atoms with van der Waals surface area (Å²) in [6.45, 7) is 0. The number of hydrogen-bond acceptors (Lipinski definition) is 2. The van der Waals surface area contributed by atoms with E-state index in [4.69, 9.17) is 17.3 Å². The molecule has 0 aliphatic heterocycles. The number of nitrogens with two attached hydrogens (primary N) is 1. The number of halogens is 1. The van der Waals surface area contributed by atoms with Gasteiger partial charge in [0, 0.05) is 28.2 Å². The second kappa shape index (κ2) is 4.44. The third-order valence-electron chi connectivity index (χ3n) is 3.09. The third kappa shape index (κ3) is 1.98. The molecule has 1 aromatic heterocycles. The molecule has 3 rings (SSSR count). The lowest BCUT2D eigenvalue weighted by Crippen LogP contribution is -2.01. The maximum Gasteiger partial charge on any atom is 0.195 e. The molecule has 2 aromatic carbocycles. The molecule has 0 amide bonds. The van der Waals surface area contributed by atoms with E-state index in [9.17, 15) is 4.79 Å². The van der Waals surface area contributed by atoms with Gasteiger partial charge < -0.3 is 10.7 Å². The van der Waals surface area contributed by atoms with Gasteiger partial charge in [0.25, 0.3) is 0 Å². The highest BCUT2D eigenvalue weighted by molar-refractivity contribution is 6.33. The van der Waals surface area contributed by atoms with Crippen LogP contribution in [0.3, 0.4) is 0 Å². The molecular weight excluding hydrogens is 260 g/mol. The maximum atomic E-state index is 12.5. The summed E-state index contributed by atoms with van der Waals surface area (Å²) < 4.78 is 0. The van der Waals surface area contributed by atoms with Crippen LogP contribution in [0.25, 0.3) is 10.9 Å². The van der Waals surface area contributed by atoms with Crippen molar-refractivity contribution in [2.24, 2.45) is 0 Å². The monoisotopic (exact) mass is 270 g/mol. The highest BCUT2D eigenvalue weighted by atomic mass is 35.5. The molecule has 0 bridgehead atoms. The summed E-state index contributed by atoms with van der Waals surface area (Å²) in [5.74, 6) is -0.0687. The lowest BCUT2D eigenvalue weighted by molar-refractivity contribution is 0.104. The number of nitrogens with one attached hydrogen (secondary N) is 1. The van der Waals surface area contributed by atoms with Crippen LogP contribution in [-0.2, 0) is 0 Å². The van der Waals surface area contributed by atoms with E-state index in [-0.39, 0.29) is 5.78 Å². The summed E-state index contributed by atoms with van der Waals surface area (Å²) in [4.78, 5) is 15.6. The number of carbonyl (C=O) groups excluding carboxylic acids is 1. The summed E-state index contributed by atoms with van der Waals surface area (Å²) in [7, 11) is 0. The zero-order valence-corrected chi connectivity index (χ0v) is 10.7. The molecule has 4 heteroatoms. The normalized spacial score (nSPS) is 10.8. The quantitative estimate of drug-likeness (QED) is 0.552. The van der Waals surface area contributed by atoms with Crippen molar-refractivity contribution in [3.05, 3.63) is 64.8 Å². The van der Waals surface area contributed by atoms with E-state index in [1.165, 1.54) is 0 Å². The van der Waals surface area contributed by atoms with Crippen LogP contribution in [0.5, 0.6) is 0 Å². The van der Waals surface area contributed by atoms with Crippen LogP contribution >= 0.6 is 11.6 Å². The van der Waals surface area contributed by atoms with E-state index in [1.807, 2.05) is 24.3 Å². The molecule has 0 saturated carbocycles. The zero-order chi connectivity index (χ0) is 13.4. The fourth-order valence-electron chi connectivity index (χ4n) is 2.10. The molecule has 3 nitrogen and oxygen atoms in total. The van der Waals surface area contributed by atoms with Crippen molar-refractivity contribution in [1.29, 1.82) is 0 Å². The Balaban J connectivity index is 2.11. The number of ketones is 1. The van der Waals surface area contributed by atoms with Gasteiger partial charge in [0.05, 0.1) is 10.7 Å². The number of rotatable bonds is 2. The van der Waals surface area contributed by atoms with Crippen LogP contribution in [0.2, 0.25) is 5.02 Å². The lowest BCUT2D eigenvalue weighted by Gasteiger charge is -2.03. The van der Waals surface area contributed by atoms with Crippen LogP contribution < -0.4 is 5.73 Å². The van der Waals surface area contributed by atoms with Gasteiger partial charge in [0.15, 0.2) is 5.78 Å². The van der Waals surface area contributed by atoms with Crippen LogP contribution in [0.15, 0.2) is 48.7 Å². The van der Waals surface area contributed by atoms with Gasteiger partial charge >= 0.3 is 0 Å². The van der Waals surface area contributed by atoms with Crippen molar-refractivity contribution < 1.29 is 4.79 Å². The second-order valence-electron chi connectivity index (χ2n) is 4.31. The average molecular weight is 271 g/mol. The van der Waals surface area contributed by atoms with Gasteiger partial charge in [-0.2, -0.15) is 0 Å². The fraction of sp³-hybridized carbons (Fsp3) is 0. The Hall–Kier alpha value is -2.26. The number of benzene rings is 2. The van der Waals surface area contributed by atoms with Crippen molar-refractivity contribution in [2.75, 3.05) is 5.73 Å². The molecule has 0 radical (unpaired) electrons. The largest absolute Gasteiger partial charge is 0.398 e. The van der Waals surface area contributed by atoms with E-state index >= 15 is 0 Å². The Morgan fingerprint density at radius 2 is 1.95 bits per heavy atom. The molecule has 0 aliphatic carbocycles. The van der Waals surface area contributed by atoms with Gasteiger partial charge in [-0.15, -0.1) is 0 Å². The number of aromatic nitrogens is 1. The van der Waals surface area contributed by atoms with Gasteiger partial charge in [-0.05, 0) is 24.3 Å². The smallest absolute Gasteiger partial charge is 0.195 e. The summed E-state index contributed by atoms with van der Waals surface area (Å²) in [5, 5.41) is 1.36. The van der Waals surface area contributed by atoms with E-state index in [0.717, 1.165) is 10.9 Å². The minimum absolute atomic E-state index is 0.0687. The molecule has 19 heavy (non-hydrogen) atoms. The summed E-state index contributed by atoms with van der Waals surface area (Å²) >= 11 is 5.86. The molecule has 0 saturated heterocycles. The van der Waals surface area contributed by atoms with E-state index in [1.54, 1.807) is 24.4 Å². The molecule has 1 heterocycles. The first kappa shape index (κ1) is 11.8. The van der Waals surface area contributed by atoms with Gasteiger partial charge in [0.1, 0.15) is 0 Å². The summed E-state index contributed by atoms with van der Waals surface area (Å²) in [6, 6.07) is 12.6. The number of para-hydroxylation sites is 1. The molecule has 94 valence electrons. The van der Waals surface area contributed by atoms with Crippen molar-refractivity contribution in [3.8, 4) is 0 Å². The first-order valence-electron chi connectivity index (χ1n) is 5.82. The molecular formula is C15H11ClN2O. The highest BCUT2D eigenvalue weighted by Gasteiger charge is 2.14. The molecule has 0 unspecified atom stereocenters. The van der Waals surface area contributed by atoms with E-state index in [2.05, 4.69) is 4.98 Å². The minimum atomic E-state index is -0.0687. The number of carbonyl (C=O) groups is 1. The SMILES string of the molecule is Nc1cc(C(=O)c2c[nH]c3ccccc23)ccc1Cl. The van der Waals surface area contributed by atoms with Crippen molar-refractivity contribution in [3.63, 3.8) is 0 Å². The summed E-state index contributed by atoms with van der Waals surface area (Å²) in [6.07, 6.45) is 1.72. The maximum absolute atomic E-state index is 12.5. The van der Waals surface area contributed by atoms with Crippen LogP contribution in [0.4, 0.5) is 5.69 Å². The predicted octanol–water partition coefficient (Wildman–Crippen LogP) is 3.63. The third-order valence-corrected chi connectivity index (χ3v) is 3.44. The second-order valence-corrected chi connectivity index (χ2v) is 4.72. The number of hydrogen-bond donors (Lipinski definition) is 2. The Labute approximate surface area is 115 Å². The Bertz CT molecular complexity index is 777. The average Bonchev–Trinajstić information content (AvgIpc) is 2.85. The number of anilines is 1. The topological polar surface area (TPSA) is 58.9 Å². The first-order chi connectivity index (χ1) is 9.16. The number of aromatic amines is 1. The standard InChI is InChI=1S/C15H11ClN2O/c16-12-6-5-9(7-13(12)17)15(19)11-8-18-14-4-2-1-3-10(11)14/h1-8,18H,17H2. The first-order valence-corrected chi connectivity index (χ1v) is 6.20. The van der Waals surface area contributed by atoms with Gasteiger partial charge in [0.2, 0.25) is 0 Å². The van der Waals surface area contributed by atoms with Crippen molar-refractivity contribution in [2.45, 2.75) is 0 Å². The van der Waals surface area contributed by atoms with Crippen LogP contribution in [0, 0.1) is 0 Å². The molecule has 3 N–H and O–H groups in total. The van der Waals surface area contributed by atoms with E-state index < -0.39 is 0 Å². The summed E-state index contributed by atoms with van der Waals surface area (Å²) in [5.41, 5.74) is 8.25. The molecule has 0 fully saturated rings. The Kier molecular flexibility index (Phi) is 2.76. The van der Waals surface area contributed by atoms with Crippen molar-refractivity contribution >= 4 is 34.0 Å². The van der Waals surface area contributed by atoms with E-state index in [0.29, 0.717) is 21.8 Å². The molecule has 0 aliphatic rings. The highest BCUT2D eigenvalue weighted by Crippen LogP contribution is 2.24. The number of H-pyrrole nitrogens is 1. The number of nitrogen functional groups attached to an aromatic ring is 1. The van der Waals surface area contributed by atoms with Gasteiger partial charge in [-0.25, -0.2) is 0 Å². The Morgan fingerprint density at radius 1 is 1.16 bits per heavy atom. The Morgan fingerprint density at radius 3 is 2.74 bits per heavy atom. The van der Waals surface area contributed by atoms with Crippen molar-refractivity contribution in [1.82, 2.24) is 4.98 Å². The number of fused-ring (bicyclic) bond motifs is 1. The van der Waals surface area contributed by atoms with Crippen LogP contribution in [0.1, 0.15) is 15.9 Å².